The monoisotopic (exact) mass is 419 g/mol. The molecule has 1 fully saturated rings. The molecule has 1 amide bonds. The Labute approximate surface area is 182 Å². The van der Waals surface area contributed by atoms with E-state index in [0.717, 1.165) is 48.2 Å². The van der Waals surface area contributed by atoms with E-state index < -0.39 is 0 Å². The van der Waals surface area contributed by atoms with Gasteiger partial charge in [0.15, 0.2) is 0 Å². The number of aryl methyl sites for hydroxylation is 2. The van der Waals surface area contributed by atoms with Gasteiger partial charge in [0, 0.05) is 55.7 Å². The molecule has 31 heavy (non-hydrogen) atoms. The van der Waals surface area contributed by atoms with Crippen molar-refractivity contribution in [2.24, 2.45) is 13.0 Å². The van der Waals surface area contributed by atoms with Gasteiger partial charge in [-0.1, -0.05) is 12.5 Å². The fourth-order valence-corrected chi connectivity index (χ4v) is 3.55. The van der Waals surface area contributed by atoms with Crippen LogP contribution in [0.2, 0.25) is 0 Å². The highest BCUT2D eigenvalue weighted by Crippen LogP contribution is 2.26. The van der Waals surface area contributed by atoms with Gasteiger partial charge in [-0.3, -0.25) is 9.48 Å². The summed E-state index contributed by atoms with van der Waals surface area (Å²) in [6, 6.07) is 3.97. The van der Waals surface area contributed by atoms with E-state index in [4.69, 9.17) is 4.98 Å². The largest absolute Gasteiger partial charge is 0.356 e. The number of anilines is 1. The second-order valence-electron chi connectivity index (χ2n) is 7.84. The van der Waals surface area contributed by atoms with Crippen LogP contribution in [0, 0.1) is 5.92 Å². The zero-order valence-corrected chi connectivity index (χ0v) is 18.1. The van der Waals surface area contributed by atoms with E-state index >= 15 is 0 Å². The first kappa shape index (κ1) is 20.8. The van der Waals surface area contributed by atoms with Crippen LogP contribution in [0.1, 0.15) is 38.3 Å². The summed E-state index contributed by atoms with van der Waals surface area (Å²) in [5.74, 6) is 0.991. The van der Waals surface area contributed by atoms with Crippen molar-refractivity contribution in [3.63, 3.8) is 0 Å². The molecule has 0 aromatic carbocycles. The van der Waals surface area contributed by atoms with Gasteiger partial charge < -0.3 is 15.2 Å². The molecule has 0 aliphatic heterocycles. The zero-order valence-electron chi connectivity index (χ0n) is 18.1. The van der Waals surface area contributed by atoms with Crippen molar-refractivity contribution in [3.05, 3.63) is 54.3 Å². The van der Waals surface area contributed by atoms with Gasteiger partial charge in [-0.15, -0.1) is 0 Å². The lowest BCUT2D eigenvalue weighted by Gasteiger charge is -2.24. The second-order valence-corrected chi connectivity index (χ2v) is 7.84. The molecule has 162 valence electrons. The van der Waals surface area contributed by atoms with Crippen molar-refractivity contribution in [3.8, 4) is 0 Å². The zero-order chi connectivity index (χ0) is 21.6. The van der Waals surface area contributed by atoms with Crippen LogP contribution in [-0.4, -0.2) is 36.8 Å². The summed E-state index contributed by atoms with van der Waals surface area (Å²) >= 11 is 0. The number of carbonyl (C=O) groups excluding carboxylic acids is 1. The minimum absolute atomic E-state index is 0.204. The lowest BCUT2D eigenvalue weighted by Crippen LogP contribution is -2.35. The predicted octanol–water partition coefficient (Wildman–Crippen LogP) is 3.50. The molecule has 3 aromatic rings. The minimum atomic E-state index is 0.204. The van der Waals surface area contributed by atoms with E-state index in [-0.39, 0.29) is 11.8 Å². The molecule has 0 atom stereocenters. The molecule has 0 unspecified atom stereocenters. The lowest BCUT2D eigenvalue weighted by molar-refractivity contribution is -0.127. The van der Waals surface area contributed by atoms with Crippen LogP contribution < -0.4 is 10.6 Å². The number of carbonyl (C=O) groups is 1. The minimum Gasteiger partial charge on any atom is -0.356 e. The fourth-order valence-electron chi connectivity index (χ4n) is 3.55. The van der Waals surface area contributed by atoms with Crippen LogP contribution in [-0.2, 0) is 18.4 Å². The third-order valence-electron chi connectivity index (χ3n) is 5.71. The van der Waals surface area contributed by atoms with Gasteiger partial charge in [-0.25, -0.2) is 4.98 Å². The quantitative estimate of drug-likeness (QED) is 0.409. The maximum Gasteiger partial charge on any atom is 0.229 e. The maximum atomic E-state index is 12.0. The summed E-state index contributed by atoms with van der Waals surface area (Å²) in [5, 5.41) is 11.5. The molecule has 3 heterocycles. The van der Waals surface area contributed by atoms with Crippen LogP contribution in [0.15, 0.2) is 48.6 Å². The Morgan fingerprint density at radius 1 is 1.32 bits per heavy atom. The summed E-state index contributed by atoms with van der Waals surface area (Å²) in [7, 11) is 1.91. The van der Waals surface area contributed by atoms with Crippen molar-refractivity contribution < 1.29 is 4.79 Å². The van der Waals surface area contributed by atoms with Crippen LogP contribution in [0.5, 0.6) is 0 Å². The number of hydrogen-bond acceptors (Lipinski definition) is 5. The van der Waals surface area contributed by atoms with Crippen molar-refractivity contribution >= 4 is 29.0 Å². The van der Waals surface area contributed by atoms with E-state index in [1.165, 1.54) is 6.42 Å². The van der Waals surface area contributed by atoms with Gasteiger partial charge in [0.25, 0.3) is 0 Å². The number of amides is 1. The average Bonchev–Trinajstić information content (AvgIpc) is 3.32. The Morgan fingerprint density at radius 2 is 2.19 bits per heavy atom. The van der Waals surface area contributed by atoms with Crippen molar-refractivity contribution in [1.82, 2.24) is 29.6 Å². The first-order valence-corrected chi connectivity index (χ1v) is 10.8. The number of allylic oxidation sites excluding steroid dienone is 2. The van der Waals surface area contributed by atoms with Gasteiger partial charge in [0.1, 0.15) is 5.65 Å². The van der Waals surface area contributed by atoms with Gasteiger partial charge in [-0.2, -0.15) is 10.1 Å². The van der Waals surface area contributed by atoms with Gasteiger partial charge >= 0.3 is 0 Å². The Balaban J connectivity index is 1.37. The summed E-state index contributed by atoms with van der Waals surface area (Å²) in [6.45, 7) is 3.45. The fraction of sp³-hybridized carbons (Fsp3) is 0.391. The highest BCUT2D eigenvalue weighted by atomic mass is 16.1. The molecule has 0 spiro atoms. The summed E-state index contributed by atoms with van der Waals surface area (Å²) < 4.78 is 3.92. The van der Waals surface area contributed by atoms with E-state index in [1.807, 2.05) is 61.4 Å². The third kappa shape index (κ3) is 5.02. The van der Waals surface area contributed by atoms with E-state index in [2.05, 4.69) is 25.3 Å². The Morgan fingerprint density at radius 3 is 2.90 bits per heavy atom. The van der Waals surface area contributed by atoms with Gasteiger partial charge in [0.2, 0.25) is 11.9 Å². The molecule has 1 aliphatic carbocycles. The summed E-state index contributed by atoms with van der Waals surface area (Å²) in [5.41, 5.74) is 2.79. The molecular weight excluding hydrogens is 390 g/mol. The molecule has 0 bridgehead atoms. The normalized spacial score (nSPS) is 14.8. The number of nitrogens with zero attached hydrogens (tertiary/aromatic N) is 5. The Hall–Kier alpha value is -3.42. The molecular formula is C23H29N7O. The average molecular weight is 420 g/mol. The first-order valence-electron chi connectivity index (χ1n) is 10.8. The van der Waals surface area contributed by atoms with Gasteiger partial charge in [0.05, 0.1) is 5.69 Å². The van der Waals surface area contributed by atoms with E-state index in [0.29, 0.717) is 12.5 Å². The van der Waals surface area contributed by atoms with Crippen LogP contribution in [0.25, 0.3) is 17.1 Å². The Bertz CT molecular complexity index is 1100. The summed E-state index contributed by atoms with van der Waals surface area (Å²) in [4.78, 5) is 21.1. The number of aromatic nitrogens is 5. The standard InChI is InChI=1S/C23H29N7O/c1-3-19(8-9-20-10-13-26-29(20)2)27-23-25-16-18-11-15-30(21(18)28-23)14-5-12-24-22(31)17-6-4-7-17/h3,8-11,13,15-17H,4-7,12,14H2,1-2H3,(H,24,31)(H,25,27,28)/b9-8-,19-3+. The number of nitrogens with one attached hydrogen (secondary N) is 2. The van der Waals surface area contributed by atoms with Crippen LogP contribution >= 0.6 is 0 Å². The predicted molar refractivity (Wildman–Crippen MR) is 122 cm³/mol. The van der Waals surface area contributed by atoms with Crippen LogP contribution in [0.4, 0.5) is 5.95 Å². The topological polar surface area (TPSA) is 89.7 Å². The van der Waals surface area contributed by atoms with Gasteiger partial charge in [-0.05, 0) is 50.5 Å². The SMILES string of the molecule is C/C=C(\C=C/c1ccnn1C)Nc1ncc2ccn(CCCNC(=O)C3CCC3)c2n1. The molecule has 0 radical (unpaired) electrons. The van der Waals surface area contributed by atoms with E-state index in [1.54, 1.807) is 6.20 Å². The number of fused-ring (bicyclic) bond motifs is 1. The third-order valence-corrected chi connectivity index (χ3v) is 5.71. The Kier molecular flexibility index (Phi) is 6.45. The molecule has 1 saturated carbocycles. The van der Waals surface area contributed by atoms with Crippen molar-refractivity contribution in [1.29, 1.82) is 0 Å². The molecule has 4 rings (SSSR count). The summed E-state index contributed by atoms with van der Waals surface area (Å²) in [6.07, 6.45) is 15.7. The second kappa shape index (κ2) is 9.59. The van der Waals surface area contributed by atoms with Crippen molar-refractivity contribution in [2.75, 3.05) is 11.9 Å². The molecule has 1 aliphatic rings. The molecule has 3 aromatic heterocycles. The highest BCUT2D eigenvalue weighted by molar-refractivity contribution is 5.79. The first-order chi connectivity index (χ1) is 15.1. The molecule has 2 N–H and O–H groups in total. The molecule has 8 nitrogen and oxygen atoms in total. The van der Waals surface area contributed by atoms with E-state index in [9.17, 15) is 4.79 Å². The van der Waals surface area contributed by atoms with Crippen molar-refractivity contribution in [2.45, 2.75) is 39.2 Å². The number of rotatable bonds is 9. The van der Waals surface area contributed by atoms with Crippen LogP contribution in [0.3, 0.4) is 0 Å². The maximum absolute atomic E-state index is 12.0. The molecule has 8 heteroatoms. The number of hydrogen-bond donors (Lipinski definition) is 2. The lowest BCUT2D eigenvalue weighted by atomic mass is 9.85. The smallest absolute Gasteiger partial charge is 0.229 e. The molecule has 0 saturated heterocycles. The highest BCUT2D eigenvalue weighted by Gasteiger charge is 2.24.